The van der Waals surface area contributed by atoms with Gasteiger partial charge in [0.15, 0.2) is 12.3 Å². The summed E-state index contributed by atoms with van der Waals surface area (Å²) in [5.74, 6) is -1.19. The largest absolute Gasteiger partial charge is 0.496 e. The smallest absolute Gasteiger partial charge is 0.342 e. The van der Waals surface area contributed by atoms with E-state index in [4.69, 9.17) is 15.2 Å². The van der Waals surface area contributed by atoms with Crippen molar-refractivity contribution in [3.8, 4) is 5.75 Å². The average Bonchev–Trinajstić information content (AvgIpc) is 2.74. The third-order valence-corrected chi connectivity index (χ3v) is 4.49. The highest BCUT2D eigenvalue weighted by molar-refractivity contribution is 5.99. The zero-order valence-corrected chi connectivity index (χ0v) is 17.3. The lowest BCUT2D eigenvalue weighted by Gasteiger charge is -2.23. The molecule has 1 heterocycles. The number of likely N-dealkylation sites (N-methyl/N-ethyl adjacent to an activating group) is 1. The molecule has 0 saturated heterocycles. The van der Waals surface area contributed by atoms with Gasteiger partial charge in [-0.05, 0) is 25.5 Å². The quantitative estimate of drug-likeness (QED) is 0.583. The fraction of sp³-hybridized carbons (Fsp3) is 0.400. The van der Waals surface area contributed by atoms with E-state index < -0.39 is 29.7 Å². The molecule has 0 aliphatic rings. The molecule has 0 atom stereocenters. The molecule has 10 nitrogen and oxygen atoms in total. The Morgan fingerprint density at radius 3 is 2.53 bits per heavy atom. The number of carbonyl (C=O) groups excluding carboxylic acids is 2. The fourth-order valence-corrected chi connectivity index (χ4v) is 2.93. The molecule has 3 N–H and O–H groups in total. The van der Waals surface area contributed by atoms with Gasteiger partial charge in [0, 0.05) is 13.1 Å². The Labute approximate surface area is 173 Å². The number of benzene rings is 1. The first kappa shape index (κ1) is 22.7. The number of nitrogens with two attached hydrogens (primary N) is 1. The maximum absolute atomic E-state index is 12.7. The van der Waals surface area contributed by atoms with Gasteiger partial charge in [-0.2, -0.15) is 0 Å². The number of ether oxygens (including phenoxy) is 2. The normalized spacial score (nSPS) is 10.5. The number of nitrogens with one attached hydrogen (secondary N) is 1. The van der Waals surface area contributed by atoms with Crippen LogP contribution in [-0.2, 0) is 16.1 Å². The second-order valence-corrected chi connectivity index (χ2v) is 6.41. The number of nitrogens with zero attached hydrogens (tertiary/aromatic N) is 2. The minimum Gasteiger partial charge on any atom is -0.496 e. The first-order valence-corrected chi connectivity index (χ1v) is 9.58. The lowest BCUT2D eigenvalue weighted by Crippen LogP contribution is -2.42. The van der Waals surface area contributed by atoms with Crippen molar-refractivity contribution >= 4 is 23.4 Å². The molecule has 30 heavy (non-hydrogen) atoms. The highest BCUT2D eigenvalue weighted by Gasteiger charge is 2.24. The molecule has 162 valence electrons. The summed E-state index contributed by atoms with van der Waals surface area (Å²) in [4.78, 5) is 52.7. The van der Waals surface area contributed by atoms with Crippen LogP contribution in [0.15, 0.2) is 33.9 Å². The molecule has 2 aromatic rings. The molecule has 0 bridgehead atoms. The number of para-hydroxylation sites is 1. The number of unbranched alkanes of at least 4 members (excludes halogenated alkanes) is 1. The Balaban J connectivity index is 2.25. The standard InChI is InChI=1S/C20H26N4O6/c1-4-6-11-24-17(21)16(18(26)22-20(24)28)23(5-2)15(25)12-30-19(27)13-9-7-8-10-14(13)29-3/h7-10H,4-6,11-12,21H2,1-3H3,(H,22,26,28). The van der Waals surface area contributed by atoms with Crippen LogP contribution in [-0.4, -0.2) is 41.7 Å². The maximum Gasteiger partial charge on any atom is 0.342 e. The summed E-state index contributed by atoms with van der Waals surface area (Å²) in [6.07, 6.45) is 1.49. The van der Waals surface area contributed by atoms with Crippen molar-refractivity contribution in [1.82, 2.24) is 9.55 Å². The number of nitrogen functional groups attached to an aromatic ring is 1. The first-order valence-electron chi connectivity index (χ1n) is 9.58. The molecule has 10 heteroatoms. The number of hydrogen-bond acceptors (Lipinski definition) is 7. The minimum absolute atomic E-state index is 0.0876. The van der Waals surface area contributed by atoms with Crippen molar-refractivity contribution in [2.75, 3.05) is 30.9 Å². The molecule has 1 aromatic carbocycles. The number of amides is 1. The lowest BCUT2D eigenvalue weighted by atomic mass is 10.2. The van der Waals surface area contributed by atoms with Crippen LogP contribution in [0.3, 0.4) is 0 Å². The number of aromatic nitrogens is 2. The maximum atomic E-state index is 12.7. The molecular weight excluding hydrogens is 392 g/mol. The third kappa shape index (κ3) is 4.88. The van der Waals surface area contributed by atoms with Gasteiger partial charge in [-0.1, -0.05) is 25.5 Å². The predicted octanol–water partition coefficient (Wildman–Crippen LogP) is 1.14. The Hall–Kier alpha value is -3.56. The van der Waals surface area contributed by atoms with Gasteiger partial charge >= 0.3 is 11.7 Å². The molecule has 0 saturated carbocycles. The molecule has 1 amide bonds. The van der Waals surface area contributed by atoms with Crippen molar-refractivity contribution in [3.05, 3.63) is 50.7 Å². The molecule has 2 rings (SSSR count). The molecule has 0 unspecified atom stereocenters. The third-order valence-electron chi connectivity index (χ3n) is 4.49. The van der Waals surface area contributed by atoms with Crippen LogP contribution >= 0.6 is 0 Å². The van der Waals surface area contributed by atoms with Gasteiger partial charge in [0.05, 0.1) is 7.11 Å². The zero-order chi connectivity index (χ0) is 22.3. The van der Waals surface area contributed by atoms with E-state index in [1.807, 2.05) is 6.92 Å². The minimum atomic E-state index is -0.781. The van der Waals surface area contributed by atoms with Crippen molar-refractivity contribution in [3.63, 3.8) is 0 Å². The van der Waals surface area contributed by atoms with E-state index >= 15 is 0 Å². The topological polar surface area (TPSA) is 137 Å². The van der Waals surface area contributed by atoms with Crippen molar-refractivity contribution in [1.29, 1.82) is 0 Å². The van der Waals surface area contributed by atoms with E-state index in [2.05, 4.69) is 4.98 Å². The number of esters is 1. The number of rotatable bonds is 9. The Morgan fingerprint density at radius 2 is 1.90 bits per heavy atom. The molecule has 1 aromatic heterocycles. The number of carbonyl (C=O) groups is 2. The molecule has 0 radical (unpaired) electrons. The summed E-state index contributed by atoms with van der Waals surface area (Å²) in [6, 6.07) is 6.44. The number of methoxy groups -OCH3 is 1. The SMILES string of the molecule is CCCCn1c(N)c(N(CC)C(=O)COC(=O)c2ccccc2OC)c(=O)[nH]c1=O. The highest BCUT2D eigenvalue weighted by Crippen LogP contribution is 2.19. The summed E-state index contributed by atoms with van der Waals surface area (Å²) in [7, 11) is 1.42. The number of H-pyrrole nitrogens is 1. The van der Waals surface area contributed by atoms with E-state index in [1.165, 1.54) is 17.7 Å². The van der Waals surface area contributed by atoms with Crippen molar-refractivity contribution in [2.24, 2.45) is 0 Å². The molecule has 0 aliphatic carbocycles. The van der Waals surface area contributed by atoms with Gasteiger partial charge in [0.25, 0.3) is 11.5 Å². The van der Waals surface area contributed by atoms with Gasteiger partial charge in [-0.15, -0.1) is 0 Å². The fourth-order valence-electron chi connectivity index (χ4n) is 2.93. The van der Waals surface area contributed by atoms with Crippen molar-refractivity contribution in [2.45, 2.75) is 33.2 Å². The van der Waals surface area contributed by atoms with Crippen LogP contribution < -0.4 is 26.6 Å². The molecule has 0 fully saturated rings. The van der Waals surface area contributed by atoms with Gasteiger partial charge < -0.3 is 20.1 Å². The average molecular weight is 418 g/mol. The lowest BCUT2D eigenvalue weighted by molar-refractivity contribution is -0.121. The van der Waals surface area contributed by atoms with Gasteiger partial charge in [-0.3, -0.25) is 19.1 Å². The van der Waals surface area contributed by atoms with E-state index in [0.29, 0.717) is 18.7 Å². The van der Waals surface area contributed by atoms with Gasteiger partial charge in [0.2, 0.25) is 0 Å². The first-order chi connectivity index (χ1) is 14.3. The second-order valence-electron chi connectivity index (χ2n) is 6.41. The zero-order valence-electron chi connectivity index (χ0n) is 17.3. The number of aromatic amines is 1. The highest BCUT2D eigenvalue weighted by atomic mass is 16.5. The van der Waals surface area contributed by atoms with Crippen molar-refractivity contribution < 1.29 is 19.1 Å². The van der Waals surface area contributed by atoms with Crippen LogP contribution in [0.1, 0.15) is 37.0 Å². The van der Waals surface area contributed by atoms with Crippen LogP contribution in [0.2, 0.25) is 0 Å². The summed E-state index contributed by atoms with van der Waals surface area (Å²) < 4.78 is 11.4. The molecule has 0 spiro atoms. The van der Waals surface area contributed by atoms with E-state index in [9.17, 15) is 19.2 Å². The van der Waals surface area contributed by atoms with Crippen LogP contribution in [0.25, 0.3) is 0 Å². The van der Waals surface area contributed by atoms with Crippen LogP contribution in [0, 0.1) is 0 Å². The number of hydrogen-bond donors (Lipinski definition) is 2. The molecule has 0 aliphatic heterocycles. The summed E-state index contributed by atoms with van der Waals surface area (Å²) in [6.45, 7) is 3.37. The Kier molecular flexibility index (Phi) is 7.79. The van der Waals surface area contributed by atoms with Gasteiger partial charge in [0.1, 0.15) is 17.1 Å². The Morgan fingerprint density at radius 1 is 1.20 bits per heavy atom. The molecular formula is C20H26N4O6. The summed E-state index contributed by atoms with van der Waals surface area (Å²) in [5, 5.41) is 0. The van der Waals surface area contributed by atoms with Gasteiger partial charge in [-0.25, -0.2) is 9.59 Å². The predicted molar refractivity (Wildman–Crippen MR) is 112 cm³/mol. The summed E-state index contributed by atoms with van der Waals surface area (Å²) >= 11 is 0. The van der Waals surface area contributed by atoms with Crippen LogP contribution in [0.5, 0.6) is 5.75 Å². The van der Waals surface area contributed by atoms with E-state index in [0.717, 1.165) is 11.3 Å². The summed E-state index contributed by atoms with van der Waals surface area (Å²) in [5.41, 5.74) is 4.65. The van der Waals surface area contributed by atoms with Crippen LogP contribution in [0.4, 0.5) is 11.5 Å². The Bertz CT molecular complexity index is 1030. The second kappa shape index (κ2) is 10.3. The number of anilines is 2. The monoisotopic (exact) mass is 418 g/mol. The van der Waals surface area contributed by atoms with E-state index in [1.54, 1.807) is 25.1 Å². The van der Waals surface area contributed by atoms with E-state index in [-0.39, 0.29) is 23.6 Å².